The zero-order chi connectivity index (χ0) is 14.1. The van der Waals surface area contributed by atoms with Crippen LogP contribution in [-0.2, 0) is 4.79 Å². The summed E-state index contributed by atoms with van der Waals surface area (Å²) in [5.74, 6) is -0.0730. The fraction of sp³-hybridized carbons (Fsp3) is 0.214. The summed E-state index contributed by atoms with van der Waals surface area (Å²) >= 11 is 0. The van der Waals surface area contributed by atoms with Gasteiger partial charge >= 0.3 is 0 Å². The number of para-hydroxylation sites is 1. The Labute approximate surface area is 115 Å². The van der Waals surface area contributed by atoms with Crippen LogP contribution < -0.4 is 16.2 Å². The SMILES string of the molecule is NC1CC(=O)N(c2cnn(-c3ccccc3)c(=O)c2)C1. The number of amides is 1. The van der Waals surface area contributed by atoms with Crippen LogP contribution in [0.1, 0.15) is 6.42 Å². The predicted octanol–water partition coefficient (Wildman–Crippen LogP) is 0.296. The summed E-state index contributed by atoms with van der Waals surface area (Å²) in [4.78, 5) is 25.4. The summed E-state index contributed by atoms with van der Waals surface area (Å²) in [6, 6.07) is 10.4. The third-order valence-corrected chi connectivity index (χ3v) is 3.25. The van der Waals surface area contributed by atoms with Gasteiger partial charge in [-0.3, -0.25) is 9.59 Å². The maximum absolute atomic E-state index is 12.1. The van der Waals surface area contributed by atoms with Crippen molar-refractivity contribution in [3.63, 3.8) is 0 Å². The minimum atomic E-state index is -0.276. The Morgan fingerprint density at radius 3 is 2.50 bits per heavy atom. The second-order valence-corrected chi connectivity index (χ2v) is 4.77. The number of nitrogens with zero attached hydrogens (tertiary/aromatic N) is 3. The Kier molecular flexibility index (Phi) is 3.08. The normalized spacial score (nSPS) is 18.6. The van der Waals surface area contributed by atoms with E-state index in [4.69, 9.17) is 5.73 Å². The van der Waals surface area contributed by atoms with Gasteiger partial charge < -0.3 is 10.6 Å². The van der Waals surface area contributed by atoms with Crippen LogP contribution in [0.3, 0.4) is 0 Å². The summed E-state index contributed by atoms with van der Waals surface area (Å²) in [6.07, 6.45) is 1.83. The van der Waals surface area contributed by atoms with Gasteiger partial charge in [-0.15, -0.1) is 0 Å². The Bertz CT molecular complexity index is 696. The molecule has 1 aliphatic heterocycles. The Balaban J connectivity index is 1.96. The maximum atomic E-state index is 12.1. The molecule has 1 aliphatic rings. The van der Waals surface area contributed by atoms with E-state index in [0.29, 0.717) is 24.3 Å². The van der Waals surface area contributed by atoms with Crippen LogP contribution in [0, 0.1) is 0 Å². The van der Waals surface area contributed by atoms with Crippen molar-refractivity contribution in [2.75, 3.05) is 11.4 Å². The molecule has 0 radical (unpaired) electrons. The third kappa shape index (κ3) is 2.21. The van der Waals surface area contributed by atoms with E-state index >= 15 is 0 Å². The van der Waals surface area contributed by atoms with Gasteiger partial charge in [-0.2, -0.15) is 9.78 Å². The number of nitrogens with two attached hydrogens (primary N) is 1. The topological polar surface area (TPSA) is 81.2 Å². The summed E-state index contributed by atoms with van der Waals surface area (Å²) in [5.41, 5.74) is 6.66. The van der Waals surface area contributed by atoms with Crippen LogP contribution in [0.4, 0.5) is 5.69 Å². The van der Waals surface area contributed by atoms with Gasteiger partial charge in [-0.25, -0.2) is 0 Å². The molecule has 1 aromatic carbocycles. The Morgan fingerprint density at radius 2 is 1.90 bits per heavy atom. The first kappa shape index (κ1) is 12.6. The second-order valence-electron chi connectivity index (χ2n) is 4.77. The number of benzene rings is 1. The highest BCUT2D eigenvalue weighted by atomic mass is 16.2. The number of aromatic nitrogens is 2. The molecule has 0 spiro atoms. The molecule has 102 valence electrons. The molecule has 0 saturated carbocycles. The fourth-order valence-corrected chi connectivity index (χ4v) is 2.29. The van der Waals surface area contributed by atoms with Gasteiger partial charge in [0.05, 0.1) is 17.6 Å². The lowest BCUT2D eigenvalue weighted by atomic mass is 10.3. The molecule has 2 N–H and O–H groups in total. The molecule has 3 rings (SSSR count). The predicted molar refractivity (Wildman–Crippen MR) is 74.8 cm³/mol. The van der Waals surface area contributed by atoms with E-state index in [9.17, 15) is 9.59 Å². The van der Waals surface area contributed by atoms with Gasteiger partial charge in [0.2, 0.25) is 5.91 Å². The van der Waals surface area contributed by atoms with Crippen molar-refractivity contribution in [2.24, 2.45) is 5.73 Å². The average Bonchev–Trinajstić information content (AvgIpc) is 2.78. The zero-order valence-corrected chi connectivity index (χ0v) is 10.8. The van der Waals surface area contributed by atoms with E-state index in [1.165, 1.54) is 21.8 Å². The van der Waals surface area contributed by atoms with E-state index in [1.54, 1.807) is 12.1 Å². The van der Waals surface area contributed by atoms with Crippen molar-refractivity contribution < 1.29 is 4.79 Å². The number of hydrogen-bond acceptors (Lipinski definition) is 4. The highest BCUT2D eigenvalue weighted by Gasteiger charge is 2.28. The highest BCUT2D eigenvalue weighted by molar-refractivity contribution is 5.95. The molecule has 20 heavy (non-hydrogen) atoms. The molecule has 6 nitrogen and oxygen atoms in total. The molecule has 1 saturated heterocycles. The van der Waals surface area contributed by atoms with Crippen LogP contribution in [0.25, 0.3) is 5.69 Å². The molecule has 2 aromatic rings. The summed E-state index contributed by atoms with van der Waals surface area (Å²) < 4.78 is 1.30. The molecular formula is C14H14N4O2. The summed E-state index contributed by atoms with van der Waals surface area (Å²) in [6.45, 7) is 0.426. The number of carbonyl (C=O) groups excluding carboxylic acids is 1. The number of anilines is 1. The molecule has 2 heterocycles. The first-order chi connectivity index (χ1) is 9.65. The number of carbonyl (C=O) groups is 1. The minimum absolute atomic E-state index is 0.0730. The van der Waals surface area contributed by atoms with Crippen molar-refractivity contribution in [2.45, 2.75) is 12.5 Å². The molecule has 0 aliphatic carbocycles. The quantitative estimate of drug-likeness (QED) is 0.850. The first-order valence-corrected chi connectivity index (χ1v) is 6.36. The van der Waals surface area contributed by atoms with Crippen molar-refractivity contribution in [3.8, 4) is 5.69 Å². The van der Waals surface area contributed by atoms with E-state index in [1.807, 2.05) is 18.2 Å². The fourth-order valence-electron chi connectivity index (χ4n) is 2.29. The minimum Gasteiger partial charge on any atom is -0.326 e. The van der Waals surface area contributed by atoms with Crippen LogP contribution in [0.2, 0.25) is 0 Å². The van der Waals surface area contributed by atoms with Gasteiger partial charge in [-0.05, 0) is 12.1 Å². The largest absolute Gasteiger partial charge is 0.326 e. The lowest BCUT2D eigenvalue weighted by molar-refractivity contribution is -0.117. The second kappa shape index (κ2) is 4.90. The van der Waals surface area contributed by atoms with Crippen molar-refractivity contribution in [1.82, 2.24) is 9.78 Å². The van der Waals surface area contributed by atoms with Crippen LogP contribution in [-0.4, -0.2) is 28.3 Å². The lowest BCUT2D eigenvalue weighted by Crippen LogP contribution is -2.30. The van der Waals surface area contributed by atoms with Crippen LogP contribution in [0.15, 0.2) is 47.4 Å². The molecule has 1 unspecified atom stereocenters. The molecule has 1 atom stereocenters. The smallest absolute Gasteiger partial charge is 0.273 e. The molecule has 6 heteroatoms. The number of hydrogen-bond donors (Lipinski definition) is 1. The van der Waals surface area contributed by atoms with Crippen molar-refractivity contribution >= 4 is 11.6 Å². The van der Waals surface area contributed by atoms with E-state index in [0.717, 1.165) is 0 Å². The monoisotopic (exact) mass is 270 g/mol. The van der Waals surface area contributed by atoms with Gasteiger partial charge in [0.1, 0.15) is 0 Å². The Morgan fingerprint density at radius 1 is 1.15 bits per heavy atom. The van der Waals surface area contributed by atoms with Crippen molar-refractivity contribution in [3.05, 3.63) is 52.9 Å². The van der Waals surface area contributed by atoms with Crippen LogP contribution >= 0.6 is 0 Å². The number of rotatable bonds is 2. The van der Waals surface area contributed by atoms with Gasteiger partial charge in [0.15, 0.2) is 0 Å². The molecule has 1 fully saturated rings. The standard InChI is InChI=1S/C14H14N4O2/c15-10-6-13(19)17(9-10)12-7-14(20)18(16-8-12)11-4-2-1-3-5-11/h1-5,7-8,10H,6,9,15H2. The molecular weight excluding hydrogens is 256 g/mol. The van der Waals surface area contributed by atoms with E-state index in [2.05, 4.69) is 5.10 Å². The summed E-state index contributed by atoms with van der Waals surface area (Å²) in [5, 5.41) is 4.12. The van der Waals surface area contributed by atoms with E-state index < -0.39 is 0 Å². The lowest BCUT2D eigenvalue weighted by Gasteiger charge is -2.15. The zero-order valence-electron chi connectivity index (χ0n) is 10.8. The van der Waals surface area contributed by atoms with Crippen molar-refractivity contribution in [1.29, 1.82) is 0 Å². The molecule has 0 bridgehead atoms. The third-order valence-electron chi connectivity index (χ3n) is 3.25. The van der Waals surface area contributed by atoms with Gasteiger partial charge in [-0.1, -0.05) is 18.2 Å². The van der Waals surface area contributed by atoms with Gasteiger partial charge in [0.25, 0.3) is 5.56 Å². The Hall–Kier alpha value is -2.47. The molecule has 1 amide bonds. The van der Waals surface area contributed by atoms with E-state index in [-0.39, 0.29) is 17.5 Å². The average molecular weight is 270 g/mol. The first-order valence-electron chi connectivity index (χ1n) is 6.36. The molecule has 1 aromatic heterocycles. The van der Waals surface area contributed by atoms with Gasteiger partial charge in [0, 0.05) is 25.1 Å². The highest BCUT2D eigenvalue weighted by Crippen LogP contribution is 2.18. The maximum Gasteiger partial charge on any atom is 0.273 e. The summed E-state index contributed by atoms with van der Waals surface area (Å²) in [7, 11) is 0. The van der Waals surface area contributed by atoms with Crippen LogP contribution in [0.5, 0.6) is 0 Å².